The quantitative estimate of drug-likeness (QED) is 0.200. The van der Waals surface area contributed by atoms with Crippen molar-refractivity contribution in [1.29, 1.82) is 0 Å². The molecular weight excluding hydrogens is 371 g/mol. The van der Waals surface area contributed by atoms with Crippen LogP contribution in [0.2, 0.25) is 0 Å². The molecule has 2 unspecified atom stereocenters. The Morgan fingerprint density at radius 2 is 1.07 bits per heavy atom. The van der Waals surface area contributed by atoms with Gasteiger partial charge in [-0.3, -0.25) is 0 Å². The van der Waals surface area contributed by atoms with E-state index in [4.69, 9.17) is 0 Å². The van der Waals surface area contributed by atoms with Gasteiger partial charge in [0, 0.05) is 5.25 Å². The first-order valence-corrected chi connectivity index (χ1v) is 12.5. The average molecular weight is 415 g/mol. The van der Waals surface area contributed by atoms with Gasteiger partial charge in [-0.25, -0.2) is 8.42 Å². The van der Waals surface area contributed by atoms with E-state index >= 15 is 0 Å². The fraction of sp³-hybridized carbons (Fsp3) is 1.00. The van der Waals surface area contributed by atoms with Crippen molar-refractivity contribution < 1.29 is 47.6 Å². The van der Waals surface area contributed by atoms with Crippen molar-refractivity contribution in [3.63, 3.8) is 0 Å². The Morgan fingerprint density at radius 3 is 1.44 bits per heavy atom. The normalized spacial score (nSPS) is 13.9. The topological polar surface area (TPSA) is 77.4 Å². The molecule has 0 heterocycles. The number of hydrogen-bond acceptors (Lipinski definition) is 4. The van der Waals surface area contributed by atoms with Gasteiger partial charge in [-0.05, 0) is 25.7 Å². The molecule has 158 valence electrons. The largest absolute Gasteiger partial charge is 1.00 e. The first-order valence-electron chi connectivity index (χ1n) is 11.0. The van der Waals surface area contributed by atoms with Gasteiger partial charge in [0.2, 0.25) is 0 Å². The molecule has 27 heavy (non-hydrogen) atoms. The fourth-order valence-corrected chi connectivity index (χ4v) is 4.34. The zero-order valence-electron chi connectivity index (χ0n) is 18.3. The molecule has 0 radical (unpaired) electrons. The van der Waals surface area contributed by atoms with E-state index in [2.05, 4.69) is 6.92 Å². The molecule has 0 fully saturated rings. The molecule has 0 spiro atoms. The van der Waals surface area contributed by atoms with Crippen LogP contribution >= 0.6 is 0 Å². The Bertz CT molecular complexity index is 401. The summed E-state index contributed by atoms with van der Waals surface area (Å²) in [6.07, 6.45) is 17.3. The summed E-state index contributed by atoms with van der Waals surface area (Å²) < 4.78 is 34.0. The summed E-state index contributed by atoms with van der Waals surface area (Å²) >= 11 is 0. The van der Waals surface area contributed by atoms with E-state index < -0.39 is 15.4 Å². The van der Waals surface area contributed by atoms with E-state index in [0.717, 1.165) is 57.8 Å². The van der Waals surface area contributed by atoms with Gasteiger partial charge in [-0.15, -0.1) is 0 Å². The minimum Gasteiger partial charge on any atom is -0.748 e. The standard InChI is InChI=1S/C21H44O4S.Na/c1-3-5-14-18-21(26(23,24)25)19-16-13-11-9-7-6-8-10-12-15-17-20(22)4-2;/h20-22H,3-19H2,1-2H3,(H,23,24,25);/q;+1/p-1. The summed E-state index contributed by atoms with van der Waals surface area (Å²) in [6.45, 7) is 4.11. The molecule has 0 aromatic heterocycles. The predicted octanol–water partition coefficient (Wildman–Crippen LogP) is 2.94. The van der Waals surface area contributed by atoms with Gasteiger partial charge in [-0.2, -0.15) is 0 Å². The zero-order chi connectivity index (χ0) is 19.7. The van der Waals surface area contributed by atoms with Crippen molar-refractivity contribution in [2.75, 3.05) is 0 Å². The SMILES string of the molecule is CCCCCC(CCCCCCCCCCCCC(O)CC)S(=O)(=O)[O-].[Na+]. The van der Waals surface area contributed by atoms with Crippen LogP contribution in [0.25, 0.3) is 0 Å². The van der Waals surface area contributed by atoms with Crippen molar-refractivity contribution in [3.05, 3.63) is 0 Å². The van der Waals surface area contributed by atoms with Gasteiger partial charge >= 0.3 is 29.6 Å². The average Bonchev–Trinajstić information content (AvgIpc) is 2.59. The second-order valence-electron chi connectivity index (χ2n) is 7.79. The molecule has 0 amide bonds. The van der Waals surface area contributed by atoms with E-state index in [1.165, 1.54) is 38.5 Å². The minimum absolute atomic E-state index is 0. The van der Waals surface area contributed by atoms with Gasteiger partial charge in [0.15, 0.2) is 0 Å². The summed E-state index contributed by atoms with van der Waals surface area (Å²) in [4.78, 5) is 0. The Labute approximate surface area is 191 Å². The Balaban J connectivity index is 0. The molecule has 0 saturated carbocycles. The number of aliphatic hydroxyl groups excluding tert-OH is 1. The van der Waals surface area contributed by atoms with E-state index in [0.29, 0.717) is 12.8 Å². The molecule has 0 aliphatic rings. The number of unbranched alkanes of at least 4 members (excludes halogenated alkanes) is 11. The van der Waals surface area contributed by atoms with Gasteiger partial charge in [-0.1, -0.05) is 97.3 Å². The van der Waals surface area contributed by atoms with E-state index in [-0.39, 0.29) is 35.7 Å². The third kappa shape index (κ3) is 19.9. The molecule has 0 bridgehead atoms. The van der Waals surface area contributed by atoms with E-state index in [1.807, 2.05) is 6.92 Å². The Morgan fingerprint density at radius 1 is 0.704 bits per heavy atom. The van der Waals surface area contributed by atoms with Crippen molar-refractivity contribution in [2.45, 2.75) is 134 Å². The van der Waals surface area contributed by atoms with Crippen molar-refractivity contribution >= 4 is 10.1 Å². The maximum Gasteiger partial charge on any atom is 1.00 e. The van der Waals surface area contributed by atoms with Crippen LogP contribution in [0.3, 0.4) is 0 Å². The first kappa shape index (κ1) is 30.1. The van der Waals surface area contributed by atoms with E-state index in [1.54, 1.807) is 0 Å². The number of aliphatic hydroxyl groups is 1. The van der Waals surface area contributed by atoms with Crippen molar-refractivity contribution in [1.82, 2.24) is 0 Å². The third-order valence-corrected chi connectivity index (χ3v) is 6.61. The van der Waals surface area contributed by atoms with Crippen LogP contribution in [-0.4, -0.2) is 29.4 Å². The Kier molecular flexibility index (Phi) is 22.4. The van der Waals surface area contributed by atoms with Crippen LogP contribution in [0.5, 0.6) is 0 Å². The molecule has 0 saturated heterocycles. The molecule has 0 rings (SSSR count). The molecule has 6 heteroatoms. The summed E-state index contributed by atoms with van der Waals surface area (Å²) in [5.74, 6) is 0. The molecular formula is C21H43NaO4S. The van der Waals surface area contributed by atoms with Gasteiger partial charge < -0.3 is 9.66 Å². The zero-order valence-corrected chi connectivity index (χ0v) is 21.1. The molecule has 0 aliphatic carbocycles. The van der Waals surface area contributed by atoms with E-state index in [9.17, 15) is 18.1 Å². The first-order chi connectivity index (χ1) is 12.4. The van der Waals surface area contributed by atoms with Crippen LogP contribution in [0.15, 0.2) is 0 Å². The smallest absolute Gasteiger partial charge is 0.748 e. The second-order valence-corrected chi connectivity index (χ2v) is 9.44. The molecule has 0 aliphatic heterocycles. The van der Waals surface area contributed by atoms with Crippen LogP contribution in [0.1, 0.15) is 123 Å². The summed E-state index contributed by atoms with van der Waals surface area (Å²) in [5.41, 5.74) is 0. The summed E-state index contributed by atoms with van der Waals surface area (Å²) in [5, 5.41) is 8.82. The van der Waals surface area contributed by atoms with Crippen molar-refractivity contribution in [3.8, 4) is 0 Å². The number of rotatable bonds is 19. The van der Waals surface area contributed by atoms with Crippen LogP contribution in [0.4, 0.5) is 0 Å². The monoisotopic (exact) mass is 414 g/mol. The van der Waals surface area contributed by atoms with Crippen molar-refractivity contribution in [2.24, 2.45) is 0 Å². The molecule has 0 aromatic carbocycles. The maximum absolute atomic E-state index is 11.3. The van der Waals surface area contributed by atoms with Crippen LogP contribution < -0.4 is 29.6 Å². The maximum atomic E-state index is 11.3. The minimum atomic E-state index is -4.13. The second kappa shape index (κ2) is 20.2. The molecule has 1 N–H and O–H groups in total. The van der Waals surface area contributed by atoms with Crippen LogP contribution in [-0.2, 0) is 10.1 Å². The fourth-order valence-electron chi connectivity index (χ4n) is 3.43. The molecule has 2 atom stereocenters. The van der Waals surface area contributed by atoms with Crippen LogP contribution in [0, 0.1) is 0 Å². The third-order valence-electron chi connectivity index (χ3n) is 5.32. The number of hydrogen-bond donors (Lipinski definition) is 1. The predicted molar refractivity (Wildman–Crippen MR) is 109 cm³/mol. The van der Waals surface area contributed by atoms with Gasteiger partial charge in [0.05, 0.1) is 16.2 Å². The van der Waals surface area contributed by atoms with Gasteiger partial charge in [0.25, 0.3) is 0 Å². The molecule has 0 aromatic rings. The van der Waals surface area contributed by atoms with Gasteiger partial charge in [0.1, 0.15) is 0 Å². The molecule has 4 nitrogen and oxygen atoms in total. The Hall–Kier alpha value is 0.870. The summed E-state index contributed by atoms with van der Waals surface area (Å²) in [6, 6.07) is 0. The summed E-state index contributed by atoms with van der Waals surface area (Å²) in [7, 11) is -4.13.